The highest BCUT2D eigenvalue weighted by molar-refractivity contribution is 6.42. The van der Waals surface area contributed by atoms with Gasteiger partial charge in [0.1, 0.15) is 0 Å². The summed E-state index contributed by atoms with van der Waals surface area (Å²) >= 11 is 11.9. The molecule has 0 amide bonds. The van der Waals surface area contributed by atoms with E-state index in [1.807, 2.05) is 12.3 Å². The number of nitrogens with one attached hydrogen (secondary N) is 1. The Balaban J connectivity index is 2.18. The molecular weight excluding hydrogens is 269 g/mol. The lowest BCUT2D eigenvalue weighted by atomic mass is 10.2. The van der Waals surface area contributed by atoms with Crippen LogP contribution in [0, 0.1) is 5.92 Å². The molecule has 0 aliphatic heterocycles. The molecule has 0 fully saturated rings. The SMILES string of the molecule is CC(C)Cn1ccnc1Nc1ccc(Cl)c(Cl)c1. The van der Waals surface area contributed by atoms with E-state index in [-0.39, 0.29) is 0 Å². The number of rotatable bonds is 4. The fourth-order valence-electron chi connectivity index (χ4n) is 1.68. The van der Waals surface area contributed by atoms with Crippen LogP contribution in [-0.2, 0) is 6.54 Å². The summed E-state index contributed by atoms with van der Waals surface area (Å²) in [6.45, 7) is 5.26. The second kappa shape index (κ2) is 5.63. The van der Waals surface area contributed by atoms with Gasteiger partial charge in [-0.1, -0.05) is 37.0 Å². The number of aromatic nitrogens is 2. The molecule has 1 aromatic carbocycles. The van der Waals surface area contributed by atoms with Crippen molar-refractivity contribution in [3.05, 3.63) is 40.6 Å². The topological polar surface area (TPSA) is 29.9 Å². The van der Waals surface area contributed by atoms with Crippen LogP contribution in [0.25, 0.3) is 0 Å². The maximum atomic E-state index is 5.98. The van der Waals surface area contributed by atoms with Gasteiger partial charge in [-0.2, -0.15) is 0 Å². The van der Waals surface area contributed by atoms with Crippen LogP contribution < -0.4 is 5.32 Å². The van der Waals surface area contributed by atoms with Crippen LogP contribution in [0.5, 0.6) is 0 Å². The molecule has 0 atom stereocenters. The highest BCUT2D eigenvalue weighted by Crippen LogP contribution is 2.26. The molecule has 0 aliphatic carbocycles. The summed E-state index contributed by atoms with van der Waals surface area (Å²) in [5, 5.41) is 4.31. The van der Waals surface area contributed by atoms with E-state index in [2.05, 4.69) is 28.7 Å². The molecule has 1 heterocycles. The Bertz CT molecular complexity index is 535. The van der Waals surface area contributed by atoms with E-state index in [4.69, 9.17) is 23.2 Å². The minimum Gasteiger partial charge on any atom is -0.326 e. The van der Waals surface area contributed by atoms with Gasteiger partial charge in [0, 0.05) is 24.6 Å². The van der Waals surface area contributed by atoms with E-state index < -0.39 is 0 Å². The molecule has 0 aliphatic rings. The fraction of sp³-hybridized carbons (Fsp3) is 0.308. The molecule has 0 radical (unpaired) electrons. The zero-order valence-corrected chi connectivity index (χ0v) is 11.8. The molecule has 1 aromatic heterocycles. The molecular formula is C13H15Cl2N3. The summed E-state index contributed by atoms with van der Waals surface area (Å²) in [5.41, 5.74) is 0.876. The Morgan fingerprint density at radius 2 is 2.06 bits per heavy atom. The van der Waals surface area contributed by atoms with Crippen molar-refractivity contribution < 1.29 is 0 Å². The molecule has 18 heavy (non-hydrogen) atoms. The maximum absolute atomic E-state index is 5.98. The van der Waals surface area contributed by atoms with Crippen molar-refractivity contribution in [2.75, 3.05) is 5.32 Å². The van der Waals surface area contributed by atoms with Crippen LogP contribution in [0.1, 0.15) is 13.8 Å². The van der Waals surface area contributed by atoms with E-state index in [0.29, 0.717) is 16.0 Å². The standard InChI is InChI=1S/C13H15Cl2N3/c1-9(2)8-18-6-5-16-13(18)17-10-3-4-11(14)12(15)7-10/h3-7,9H,8H2,1-2H3,(H,16,17). The number of hydrogen-bond donors (Lipinski definition) is 1. The summed E-state index contributed by atoms with van der Waals surface area (Å²) in [7, 11) is 0. The predicted molar refractivity (Wildman–Crippen MR) is 76.8 cm³/mol. The van der Waals surface area contributed by atoms with Crippen molar-refractivity contribution in [2.24, 2.45) is 5.92 Å². The zero-order valence-electron chi connectivity index (χ0n) is 10.3. The second-order valence-corrected chi connectivity index (χ2v) is 5.37. The van der Waals surface area contributed by atoms with Crippen LogP contribution in [0.3, 0.4) is 0 Å². The minimum absolute atomic E-state index is 0.531. The van der Waals surface area contributed by atoms with Gasteiger partial charge in [0.25, 0.3) is 0 Å². The number of anilines is 2. The van der Waals surface area contributed by atoms with Gasteiger partial charge >= 0.3 is 0 Å². The molecule has 1 N–H and O–H groups in total. The summed E-state index contributed by atoms with van der Waals surface area (Å²) < 4.78 is 2.08. The van der Waals surface area contributed by atoms with Crippen molar-refractivity contribution in [3.8, 4) is 0 Å². The van der Waals surface area contributed by atoms with Crippen molar-refractivity contribution >= 4 is 34.8 Å². The van der Waals surface area contributed by atoms with Crippen LogP contribution >= 0.6 is 23.2 Å². The van der Waals surface area contributed by atoms with E-state index in [0.717, 1.165) is 18.2 Å². The van der Waals surface area contributed by atoms with Crippen molar-refractivity contribution in [2.45, 2.75) is 20.4 Å². The number of imidazole rings is 1. The first-order valence-corrected chi connectivity index (χ1v) is 6.55. The molecule has 0 saturated carbocycles. The fourth-order valence-corrected chi connectivity index (χ4v) is 1.98. The van der Waals surface area contributed by atoms with Crippen molar-refractivity contribution in [1.82, 2.24) is 9.55 Å². The predicted octanol–water partition coefficient (Wildman–Crippen LogP) is 4.59. The number of nitrogens with zero attached hydrogens (tertiary/aromatic N) is 2. The van der Waals surface area contributed by atoms with Crippen molar-refractivity contribution in [3.63, 3.8) is 0 Å². The summed E-state index contributed by atoms with van der Waals surface area (Å²) in [4.78, 5) is 4.29. The lowest BCUT2D eigenvalue weighted by Crippen LogP contribution is -2.07. The smallest absolute Gasteiger partial charge is 0.207 e. The molecule has 0 bridgehead atoms. The number of halogens is 2. The Hall–Kier alpha value is -1.19. The van der Waals surface area contributed by atoms with Gasteiger partial charge in [-0.3, -0.25) is 0 Å². The zero-order chi connectivity index (χ0) is 13.1. The monoisotopic (exact) mass is 283 g/mol. The van der Waals surface area contributed by atoms with E-state index in [9.17, 15) is 0 Å². The molecule has 0 spiro atoms. The molecule has 2 aromatic rings. The normalized spacial score (nSPS) is 10.9. The van der Waals surface area contributed by atoms with Crippen LogP contribution in [0.2, 0.25) is 10.0 Å². The van der Waals surface area contributed by atoms with Crippen LogP contribution in [0.4, 0.5) is 11.6 Å². The third kappa shape index (κ3) is 3.18. The van der Waals surface area contributed by atoms with Gasteiger partial charge < -0.3 is 9.88 Å². The van der Waals surface area contributed by atoms with Crippen LogP contribution in [-0.4, -0.2) is 9.55 Å². The van der Waals surface area contributed by atoms with E-state index in [1.54, 1.807) is 18.3 Å². The van der Waals surface area contributed by atoms with Gasteiger partial charge in [-0.05, 0) is 24.1 Å². The first-order chi connectivity index (χ1) is 8.56. The molecule has 3 nitrogen and oxygen atoms in total. The molecule has 5 heteroatoms. The highest BCUT2D eigenvalue weighted by atomic mass is 35.5. The van der Waals surface area contributed by atoms with Crippen LogP contribution in [0.15, 0.2) is 30.6 Å². The van der Waals surface area contributed by atoms with Crippen molar-refractivity contribution in [1.29, 1.82) is 0 Å². The maximum Gasteiger partial charge on any atom is 0.207 e. The Kier molecular flexibility index (Phi) is 4.15. The van der Waals surface area contributed by atoms with Gasteiger partial charge in [-0.25, -0.2) is 4.98 Å². The van der Waals surface area contributed by atoms with Gasteiger partial charge in [0.2, 0.25) is 5.95 Å². The molecule has 0 unspecified atom stereocenters. The average molecular weight is 284 g/mol. The van der Waals surface area contributed by atoms with Gasteiger partial charge in [-0.15, -0.1) is 0 Å². The minimum atomic E-state index is 0.531. The quantitative estimate of drug-likeness (QED) is 0.889. The summed E-state index contributed by atoms with van der Waals surface area (Å²) in [6.07, 6.45) is 3.74. The largest absolute Gasteiger partial charge is 0.326 e. The molecule has 0 saturated heterocycles. The first-order valence-electron chi connectivity index (χ1n) is 5.79. The highest BCUT2D eigenvalue weighted by Gasteiger charge is 2.06. The van der Waals surface area contributed by atoms with Gasteiger partial charge in [0.05, 0.1) is 10.0 Å². The number of benzene rings is 1. The Labute approximate surface area is 117 Å². The lowest BCUT2D eigenvalue weighted by molar-refractivity contribution is 0.527. The van der Waals surface area contributed by atoms with Gasteiger partial charge in [0.15, 0.2) is 0 Å². The first kappa shape index (κ1) is 13.2. The summed E-state index contributed by atoms with van der Waals surface area (Å²) in [5.74, 6) is 1.37. The lowest BCUT2D eigenvalue weighted by Gasteiger charge is -2.12. The Morgan fingerprint density at radius 1 is 1.28 bits per heavy atom. The van der Waals surface area contributed by atoms with E-state index >= 15 is 0 Å². The third-order valence-corrected chi connectivity index (χ3v) is 3.19. The summed E-state index contributed by atoms with van der Waals surface area (Å²) in [6, 6.07) is 5.43. The third-order valence-electron chi connectivity index (χ3n) is 2.45. The second-order valence-electron chi connectivity index (χ2n) is 4.55. The molecule has 96 valence electrons. The Morgan fingerprint density at radius 3 is 2.72 bits per heavy atom. The van der Waals surface area contributed by atoms with E-state index in [1.165, 1.54) is 0 Å². The number of hydrogen-bond acceptors (Lipinski definition) is 2. The average Bonchev–Trinajstić information content (AvgIpc) is 2.70. The molecule has 2 rings (SSSR count).